The summed E-state index contributed by atoms with van der Waals surface area (Å²) in [5.74, 6) is 1.27. The van der Waals surface area contributed by atoms with Gasteiger partial charge in [-0.15, -0.1) is 0 Å². The molecular weight excluding hydrogens is 280 g/mol. The van der Waals surface area contributed by atoms with Crippen LogP contribution in [0.1, 0.15) is 23.8 Å². The first kappa shape index (κ1) is 14.2. The highest BCUT2D eigenvalue weighted by atomic mass is 16.5. The van der Waals surface area contributed by atoms with E-state index in [1.807, 2.05) is 24.3 Å². The Morgan fingerprint density at radius 1 is 1.36 bits per heavy atom. The number of anilines is 1. The summed E-state index contributed by atoms with van der Waals surface area (Å²) in [6, 6.07) is 9.25. The summed E-state index contributed by atoms with van der Waals surface area (Å²) < 4.78 is 6.98. The number of benzene rings is 1. The molecule has 0 aliphatic heterocycles. The van der Waals surface area contributed by atoms with Crippen molar-refractivity contribution in [3.05, 3.63) is 42.2 Å². The van der Waals surface area contributed by atoms with E-state index < -0.39 is 0 Å². The van der Waals surface area contributed by atoms with E-state index in [0.717, 1.165) is 29.6 Å². The predicted octanol–water partition coefficient (Wildman–Crippen LogP) is 3.04. The highest BCUT2D eigenvalue weighted by Crippen LogP contribution is 2.22. The third-order valence-corrected chi connectivity index (χ3v) is 3.47. The monoisotopic (exact) mass is 298 g/mol. The number of fused-ring (bicyclic) bond motifs is 1. The minimum atomic E-state index is -0.187. The number of carbonyl (C=O) groups excluding carboxylic acids is 1. The van der Waals surface area contributed by atoms with Gasteiger partial charge in [-0.1, -0.05) is 6.92 Å². The van der Waals surface area contributed by atoms with Crippen LogP contribution in [-0.4, -0.2) is 27.8 Å². The molecule has 0 unspecified atom stereocenters. The molecule has 0 bridgehead atoms. The number of aromatic nitrogens is 3. The molecule has 0 atom stereocenters. The molecule has 2 N–H and O–H groups in total. The topological polar surface area (TPSA) is 71.9 Å². The summed E-state index contributed by atoms with van der Waals surface area (Å²) in [4.78, 5) is 15.5. The van der Waals surface area contributed by atoms with Crippen molar-refractivity contribution >= 4 is 22.6 Å². The Labute approximate surface area is 128 Å². The van der Waals surface area contributed by atoms with E-state index in [1.165, 1.54) is 0 Å². The van der Waals surface area contributed by atoms with Crippen molar-refractivity contribution in [2.24, 2.45) is 0 Å². The van der Waals surface area contributed by atoms with Crippen LogP contribution < -0.4 is 10.1 Å². The van der Waals surface area contributed by atoms with E-state index in [2.05, 4.69) is 22.3 Å². The molecule has 0 aliphatic rings. The third kappa shape index (κ3) is 2.67. The van der Waals surface area contributed by atoms with Crippen molar-refractivity contribution in [2.45, 2.75) is 19.9 Å². The average molecular weight is 298 g/mol. The second kappa shape index (κ2) is 5.93. The highest BCUT2D eigenvalue weighted by Gasteiger charge is 2.12. The number of hydrogen-bond acceptors (Lipinski definition) is 3. The van der Waals surface area contributed by atoms with Crippen LogP contribution >= 0.6 is 0 Å². The first-order valence-electron chi connectivity index (χ1n) is 7.21. The number of aryl methyl sites for hydroxylation is 1. The molecule has 0 aliphatic carbocycles. The number of hydrogen-bond donors (Lipinski definition) is 2. The van der Waals surface area contributed by atoms with Crippen LogP contribution in [0.2, 0.25) is 0 Å². The van der Waals surface area contributed by atoms with Gasteiger partial charge < -0.3 is 15.0 Å². The maximum absolute atomic E-state index is 12.4. The number of amides is 1. The van der Waals surface area contributed by atoms with E-state index in [-0.39, 0.29) is 5.91 Å². The SMILES string of the molecule is CCCn1nccc1NC(=O)c1cc2cc(OC)ccc2[nH]1. The van der Waals surface area contributed by atoms with Gasteiger partial charge in [-0.2, -0.15) is 5.10 Å². The number of rotatable bonds is 5. The zero-order chi connectivity index (χ0) is 15.5. The molecule has 0 fully saturated rings. The van der Waals surface area contributed by atoms with Crippen molar-refractivity contribution in [2.75, 3.05) is 12.4 Å². The van der Waals surface area contributed by atoms with Gasteiger partial charge in [0.2, 0.25) is 0 Å². The average Bonchev–Trinajstić information content (AvgIpc) is 3.13. The van der Waals surface area contributed by atoms with E-state index in [4.69, 9.17) is 4.74 Å². The number of H-pyrrole nitrogens is 1. The van der Waals surface area contributed by atoms with Crippen LogP contribution in [0.4, 0.5) is 5.82 Å². The zero-order valence-corrected chi connectivity index (χ0v) is 12.6. The van der Waals surface area contributed by atoms with Gasteiger partial charge in [0.15, 0.2) is 0 Å². The molecule has 6 heteroatoms. The second-order valence-corrected chi connectivity index (χ2v) is 5.03. The number of nitrogens with one attached hydrogen (secondary N) is 2. The lowest BCUT2D eigenvalue weighted by Crippen LogP contribution is -2.16. The van der Waals surface area contributed by atoms with Gasteiger partial charge in [0, 0.05) is 23.5 Å². The van der Waals surface area contributed by atoms with E-state index in [9.17, 15) is 4.79 Å². The molecule has 1 amide bonds. The zero-order valence-electron chi connectivity index (χ0n) is 12.6. The molecule has 114 valence electrons. The van der Waals surface area contributed by atoms with Crippen LogP contribution in [0.5, 0.6) is 5.75 Å². The molecule has 3 rings (SSSR count). The lowest BCUT2D eigenvalue weighted by Gasteiger charge is -2.06. The molecule has 2 aromatic heterocycles. The lowest BCUT2D eigenvalue weighted by molar-refractivity contribution is 0.102. The van der Waals surface area contributed by atoms with Crippen LogP contribution in [0, 0.1) is 0 Å². The third-order valence-electron chi connectivity index (χ3n) is 3.47. The summed E-state index contributed by atoms with van der Waals surface area (Å²) >= 11 is 0. The highest BCUT2D eigenvalue weighted by molar-refractivity contribution is 6.05. The van der Waals surface area contributed by atoms with Gasteiger partial charge >= 0.3 is 0 Å². The van der Waals surface area contributed by atoms with Crippen molar-refractivity contribution in [3.63, 3.8) is 0 Å². The number of methoxy groups -OCH3 is 1. The Bertz CT molecular complexity index is 803. The predicted molar refractivity (Wildman–Crippen MR) is 85.3 cm³/mol. The van der Waals surface area contributed by atoms with Crippen LogP contribution in [0.15, 0.2) is 36.5 Å². The van der Waals surface area contributed by atoms with Crippen molar-refractivity contribution in [3.8, 4) is 5.75 Å². The molecule has 22 heavy (non-hydrogen) atoms. The van der Waals surface area contributed by atoms with Gasteiger partial charge in [-0.25, -0.2) is 4.68 Å². The van der Waals surface area contributed by atoms with E-state index in [0.29, 0.717) is 11.5 Å². The molecule has 1 aromatic carbocycles. The van der Waals surface area contributed by atoms with Crippen molar-refractivity contribution in [1.29, 1.82) is 0 Å². The van der Waals surface area contributed by atoms with Gasteiger partial charge in [-0.05, 0) is 30.7 Å². The minimum Gasteiger partial charge on any atom is -0.497 e. The fraction of sp³-hybridized carbons (Fsp3) is 0.250. The minimum absolute atomic E-state index is 0.187. The van der Waals surface area contributed by atoms with Gasteiger partial charge in [0.1, 0.15) is 17.3 Å². The Kier molecular flexibility index (Phi) is 3.82. The summed E-state index contributed by atoms with van der Waals surface area (Å²) in [6.07, 6.45) is 2.64. The van der Waals surface area contributed by atoms with Crippen LogP contribution in [0.3, 0.4) is 0 Å². The molecule has 0 spiro atoms. The van der Waals surface area contributed by atoms with Crippen LogP contribution in [-0.2, 0) is 6.54 Å². The standard InChI is InChI=1S/C16H18N4O2/c1-3-8-20-15(6-7-17-20)19-16(21)14-10-11-9-12(22-2)4-5-13(11)18-14/h4-7,9-10,18H,3,8H2,1-2H3,(H,19,21). The summed E-state index contributed by atoms with van der Waals surface area (Å²) in [5, 5.41) is 8.01. The first-order chi connectivity index (χ1) is 10.7. The number of aromatic amines is 1. The normalized spacial score (nSPS) is 10.8. The molecule has 0 saturated heterocycles. The van der Waals surface area contributed by atoms with E-state index in [1.54, 1.807) is 24.1 Å². The summed E-state index contributed by atoms with van der Waals surface area (Å²) in [5.41, 5.74) is 1.40. The molecule has 0 radical (unpaired) electrons. The molecule has 3 aromatic rings. The van der Waals surface area contributed by atoms with Gasteiger partial charge in [-0.3, -0.25) is 4.79 Å². The Hall–Kier alpha value is -2.76. The maximum atomic E-state index is 12.4. The lowest BCUT2D eigenvalue weighted by atomic mass is 10.2. The quantitative estimate of drug-likeness (QED) is 0.760. The fourth-order valence-corrected chi connectivity index (χ4v) is 2.37. The Balaban J connectivity index is 1.84. The number of nitrogens with zero attached hydrogens (tertiary/aromatic N) is 2. The molecule has 0 saturated carbocycles. The van der Waals surface area contributed by atoms with E-state index >= 15 is 0 Å². The fourth-order valence-electron chi connectivity index (χ4n) is 2.37. The summed E-state index contributed by atoms with van der Waals surface area (Å²) in [7, 11) is 1.62. The first-order valence-corrected chi connectivity index (χ1v) is 7.21. The number of ether oxygens (including phenoxy) is 1. The Morgan fingerprint density at radius 3 is 3.00 bits per heavy atom. The van der Waals surface area contributed by atoms with Crippen molar-refractivity contribution in [1.82, 2.24) is 14.8 Å². The maximum Gasteiger partial charge on any atom is 0.273 e. The molecule has 6 nitrogen and oxygen atoms in total. The number of carbonyl (C=O) groups is 1. The summed E-state index contributed by atoms with van der Waals surface area (Å²) in [6.45, 7) is 2.84. The smallest absolute Gasteiger partial charge is 0.273 e. The van der Waals surface area contributed by atoms with Gasteiger partial charge in [0.25, 0.3) is 5.91 Å². The van der Waals surface area contributed by atoms with Gasteiger partial charge in [0.05, 0.1) is 13.3 Å². The van der Waals surface area contributed by atoms with Crippen LogP contribution in [0.25, 0.3) is 10.9 Å². The Morgan fingerprint density at radius 2 is 2.23 bits per heavy atom. The largest absolute Gasteiger partial charge is 0.497 e. The second-order valence-electron chi connectivity index (χ2n) is 5.03. The molecule has 2 heterocycles. The van der Waals surface area contributed by atoms with Crippen molar-refractivity contribution < 1.29 is 9.53 Å². The molecular formula is C16H18N4O2.